The highest BCUT2D eigenvalue weighted by Crippen LogP contribution is 2.35. The molecule has 1 aromatic heterocycles. The summed E-state index contributed by atoms with van der Waals surface area (Å²) in [6.45, 7) is 2.34. The number of hydrogen-bond acceptors (Lipinski definition) is 11. The van der Waals surface area contributed by atoms with Gasteiger partial charge in [-0.15, -0.1) is 0 Å². The summed E-state index contributed by atoms with van der Waals surface area (Å²) >= 11 is 0. The maximum absolute atomic E-state index is 13.9. The third kappa shape index (κ3) is 12.4. The van der Waals surface area contributed by atoms with Crippen molar-refractivity contribution in [2.24, 2.45) is 5.92 Å². The number of benzene rings is 2. The van der Waals surface area contributed by atoms with Crippen molar-refractivity contribution < 1.29 is 45.8 Å². The van der Waals surface area contributed by atoms with Gasteiger partial charge in [0.05, 0.1) is 34.5 Å². The van der Waals surface area contributed by atoms with Crippen LogP contribution in [0.4, 0.5) is 24.8 Å². The number of nitriles is 1. The Morgan fingerprint density at radius 3 is 2.25 bits per heavy atom. The van der Waals surface area contributed by atoms with Crippen LogP contribution in [0.5, 0.6) is 0 Å². The van der Waals surface area contributed by atoms with E-state index in [0.717, 1.165) is 12.0 Å². The lowest BCUT2D eigenvalue weighted by molar-refractivity contribution is -0.144. The summed E-state index contributed by atoms with van der Waals surface area (Å²) in [6, 6.07) is 15.0. The van der Waals surface area contributed by atoms with E-state index in [4.69, 9.17) is 15.1 Å². The Morgan fingerprint density at radius 2 is 1.61 bits per heavy atom. The molecule has 18 heteroatoms. The Balaban J connectivity index is 0.991. The predicted molar refractivity (Wildman–Crippen MR) is 203 cm³/mol. The smallest absolute Gasteiger partial charge is 0.451 e. The first-order valence-electron chi connectivity index (χ1n) is 18.9. The second-order valence-electron chi connectivity index (χ2n) is 14.0. The molecule has 2 fully saturated rings. The van der Waals surface area contributed by atoms with E-state index in [1.165, 1.54) is 30.3 Å². The topological polar surface area (TPSA) is 195 Å². The standard InChI is InChI=1S/C39H46F3N7O7S/c40-39(41,42)38-46-33(25-34(47-38)49-21-16-32(49)36(51)45-17-13-28-5-7-29(26-43)8-6-28)48-19-14-27(15-20-48)3-1-4-35(50)44-18-23-56-22-2-24-57(54,55)31-11-9-30(10-12-31)37(52)53/h5-12,25,27,32H,1-4,13-24H2,(H,44,50)(H,45,51)(H,52,53)/t32-/m0/s1. The number of hydrogen-bond donors (Lipinski definition) is 3. The van der Waals surface area contributed by atoms with Crippen LogP contribution in [-0.4, -0.2) is 99.0 Å². The van der Waals surface area contributed by atoms with Gasteiger partial charge >= 0.3 is 12.1 Å². The number of rotatable bonds is 19. The van der Waals surface area contributed by atoms with Gasteiger partial charge in [-0.1, -0.05) is 12.1 Å². The molecule has 57 heavy (non-hydrogen) atoms. The minimum absolute atomic E-state index is 0.000501. The van der Waals surface area contributed by atoms with Crippen LogP contribution in [0.3, 0.4) is 0 Å². The quantitative estimate of drug-likeness (QED) is 0.145. The molecule has 3 heterocycles. The van der Waals surface area contributed by atoms with Crippen LogP contribution in [-0.2, 0) is 36.8 Å². The number of ether oxygens (including phenoxy) is 1. The van der Waals surface area contributed by atoms with Crippen molar-refractivity contribution in [2.75, 3.05) is 61.5 Å². The number of carboxylic acid groups (broad SMARTS) is 1. The number of aromatic nitrogens is 2. The molecule has 5 rings (SSSR count). The molecule has 2 saturated heterocycles. The molecule has 1 atom stereocenters. The Kier molecular flexibility index (Phi) is 14.8. The van der Waals surface area contributed by atoms with Gasteiger partial charge in [0.2, 0.25) is 17.6 Å². The van der Waals surface area contributed by atoms with Gasteiger partial charge in [0.15, 0.2) is 9.84 Å². The molecule has 306 valence electrons. The summed E-state index contributed by atoms with van der Waals surface area (Å²) in [7, 11) is -3.58. The lowest BCUT2D eigenvalue weighted by Gasteiger charge is -2.41. The maximum Gasteiger partial charge on any atom is 0.451 e. The van der Waals surface area contributed by atoms with Crippen LogP contribution in [0.25, 0.3) is 0 Å². The van der Waals surface area contributed by atoms with Crippen LogP contribution in [0.2, 0.25) is 0 Å². The lowest BCUT2D eigenvalue weighted by atomic mass is 9.91. The molecule has 0 bridgehead atoms. The van der Waals surface area contributed by atoms with Gasteiger partial charge in [0.25, 0.3) is 0 Å². The van der Waals surface area contributed by atoms with Crippen LogP contribution < -0.4 is 20.4 Å². The highest BCUT2D eigenvalue weighted by atomic mass is 32.2. The summed E-state index contributed by atoms with van der Waals surface area (Å²) in [5.74, 6) is -2.48. The van der Waals surface area contributed by atoms with E-state index in [-0.39, 0.29) is 65.8 Å². The average Bonchev–Trinajstić information content (AvgIpc) is 3.17. The van der Waals surface area contributed by atoms with Crippen LogP contribution >= 0.6 is 0 Å². The predicted octanol–water partition coefficient (Wildman–Crippen LogP) is 4.39. The molecule has 14 nitrogen and oxygen atoms in total. The molecule has 3 aromatic rings. The van der Waals surface area contributed by atoms with E-state index in [2.05, 4.69) is 26.7 Å². The van der Waals surface area contributed by atoms with Crippen molar-refractivity contribution in [1.82, 2.24) is 20.6 Å². The molecule has 2 amide bonds. The van der Waals surface area contributed by atoms with Gasteiger partial charge in [0.1, 0.15) is 17.7 Å². The van der Waals surface area contributed by atoms with Crippen molar-refractivity contribution in [3.05, 3.63) is 77.1 Å². The molecule has 0 radical (unpaired) electrons. The summed E-state index contributed by atoms with van der Waals surface area (Å²) in [6.07, 6.45) is -0.357. The van der Waals surface area contributed by atoms with Gasteiger partial charge in [-0.05, 0) is 92.8 Å². The number of halogens is 3. The Labute approximate surface area is 329 Å². The van der Waals surface area contributed by atoms with Crippen molar-refractivity contribution in [3.63, 3.8) is 0 Å². The number of carbonyl (C=O) groups is 3. The fraction of sp³-hybridized carbons (Fsp3) is 0.487. The van der Waals surface area contributed by atoms with Crippen LogP contribution in [0.1, 0.15) is 72.3 Å². The number of carboxylic acids is 1. The van der Waals surface area contributed by atoms with Crippen molar-refractivity contribution >= 4 is 39.3 Å². The highest BCUT2D eigenvalue weighted by molar-refractivity contribution is 7.91. The van der Waals surface area contributed by atoms with E-state index in [1.54, 1.807) is 17.0 Å². The summed E-state index contributed by atoms with van der Waals surface area (Å²) < 4.78 is 72.2. The lowest BCUT2D eigenvalue weighted by Crippen LogP contribution is -2.57. The zero-order valence-corrected chi connectivity index (χ0v) is 32.2. The van der Waals surface area contributed by atoms with E-state index in [0.29, 0.717) is 76.2 Å². The molecule has 0 saturated carbocycles. The summed E-state index contributed by atoms with van der Waals surface area (Å²) in [5, 5.41) is 23.6. The average molecular weight is 814 g/mol. The second kappa shape index (κ2) is 19.7. The van der Waals surface area contributed by atoms with E-state index in [1.807, 2.05) is 17.0 Å². The third-order valence-corrected chi connectivity index (χ3v) is 11.9. The van der Waals surface area contributed by atoms with Crippen LogP contribution in [0.15, 0.2) is 59.5 Å². The van der Waals surface area contributed by atoms with Gasteiger partial charge in [-0.2, -0.15) is 18.4 Å². The van der Waals surface area contributed by atoms with E-state index >= 15 is 0 Å². The number of nitrogens with one attached hydrogen (secondary N) is 2. The number of anilines is 2. The molecule has 3 N–H and O–H groups in total. The number of sulfone groups is 1. The normalized spacial score (nSPS) is 16.1. The number of alkyl halides is 3. The van der Waals surface area contributed by atoms with Gasteiger partial charge in [-0.3, -0.25) is 9.59 Å². The largest absolute Gasteiger partial charge is 0.478 e. The first-order valence-corrected chi connectivity index (χ1v) is 20.5. The van der Waals surface area contributed by atoms with Crippen molar-refractivity contribution in [2.45, 2.75) is 68.5 Å². The highest BCUT2D eigenvalue weighted by Gasteiger charge is 2.40. The number of carbonyl (C=O) groups excluding carboxylic acids is 2. The monoisotopic (exact) mass is 813 g/mol. The number of piperidine rings is 1. The second-order valence-corrected chi connectivity index (χ2v) is 16.1. The Morgan fingerprint density at radius 1 is 0.912 bits per heavy atom. The van der Waals surface area contributed by atoms with Crippen molar-refractivity contribution in [3.8, 4) is 6.07 Å². The molecule has 0 spiro atoms. The van der Waals surface area contributed by atoms with E-state index in [9.17, 15) is 36.0 Å². The summed E-state index contributed by atoms with van der Waals surface area (Å²) in [4.78, 5) is 47.4. The van der Waals surface area contributed by atoms with Gasteiger partial charge in [-0.25, -0.2) is 23.2 Å². The number of aromatic carboxylic acids is 1. The fourth-order valence-electron chi connectivity index (χ4n) is 6.71. The van der Waals surface area contributed by atoms with Gasteiger partial charge in [0, 0.05) is 51.8 Å². The Bertz CT molecular complexity index is 2000. The van der Waals surface area contributed by atoms with E-state index < -0.39 is 33.8 Å². The SMILES string of the molecule is N#Cc1ccc(CCNC(=O)[C@@H]2CCN2c2cc(N3CCC(CCCC(=O)NCCOCCCS(=O)(=O)c4ccc(C(=O)O)cc4)CC3)nc(C(F)(F)F)n2)cc1. The minimum Gasteiger partial charge on any atom is -0.478 e. The molecule has 2 aliphatic heterocycles. The van der Waals surface area contributed by atoms with Gasteiger partial charge < -0.3 is 30.3 Å². The molecule has 0 unspecified atom stereocenters. The molecular weight excluding hydrogens is 768 g/mol. The fourth-order valence-corrected chi connectivity index (χ4v) is 8.00. The van der Waals surface area contributed by atoms with Crippen molar-refractivity contribution in [1.29, 1.82) is 5.26 Å². The number of amides is 2. The number of nitrogens with zero attached hydrogens (tertiary/aromatic N) is 5. The molecule has 2 aromatic carbocycles. The maximum atomic E-state index is 13.9. The zero-order chi connectivity index (χ0) is 41.0. The summed E-state index contributed by atoms with van der Waals surface area (Å²) in [5.41, 5.74) is 1.48. The third-order valence-electron chi connectivity index (χ3n) is 10.1. The zero-order valence-electron chi connectivity index (χ0n) is 31.3. The van der Waals surface area contributed by atoms with Crippen LogP contribution in [0, 0.1) is 17.2 Å². The first kappa shape index (κ1) is 42.9. The molecule has 2 aliphatic rings. The Hall–Kier alpha value is -5.28. The first-order chi connectivity index (χ1) is 27.2. The molecular formula is C39H46F3N7O7S. The molecule has 0 aliphatic carbocycles. The minimum atomic E-state index is -4.77.